The minimum Gasteiger partial charge on any atom is -0.353 e. The summed E-state index contributed by atoms with van der Waals surface area (Å²) in [6, 6.07) is 3.21. The highest BCUT2D eigenvalue weighted by Gasteiger charge is 2.39. The van der Waals surface area contributed by atoms with Gasteiger partial charge in [-0.3, -0.25) is 9.10 Å². The van der Waals surface area contributed by atoms with Gasteiger partial charge in [-0.15, -0.1) is 0 Å². The van der Waals surface area contributed by atoms with Crippen LogP contribution in [0.5, 0.6) is 0 Å². The number of hydrogen-bond acceptors (Lipinski definition) is 3. The van der Waals surface area contributed by atoms with Crippen molar-refractivity contribution in [2.75, 3.05) is 17.1 Å². The number of amides is 1. The summed E-state index contributed by atoms with van der Waals surface area (Å²) in [6.45, 7) is 0.0358. The Morgan fingerprint density at radius 3 is 2.58 bits per heavy atom. The van der Waals surface area contributed by atoms with Crippen LogP contribution < -0.4 is 9.62 Å². The summed E-state index contributed by atoms with van der Waals surface area (Å²) >= 11 is 0. The molecule has 0 heterocycles. The van der Waals surface area contributed by atoms with Crippen molar-refractivity contribution >= 4 is 21.6 Å². The molecular weight excluding hydrogens is 362 g/mol. The van der Waals surface area contributed by atoms with E-state index >= 15 is 0 Å². The van der Waals surface area contributed by atoms with Gasteiger partial charge in [-0.2, -0.15) is 0 Å². The van der Waals surface area contributed by atoms with Gasteiger partial charge >= 0.3 is 0 Å². The fourth-order valence-corrected chi connectivity index (χ4v) is 5.17. The van der Waals surface area contributed by atoms with E-state index in [1.807, 2.05) is 0 Å². The van der Waals surface area contributed by atoms with Crippen LogP contribution in [0.2, 0.25) is 0 Å². The second kappa shape index (κ2) is 7.50. The Labute approximate surface area is 152 Å². The fourth-order valence-electron chi connectivity index (χ4n) is 4.21. The first-order chi connectivity index (χ1) is 12.2. The third-order valence-corrected chi connectivity index (χ3v) is 6.64. The van der Waals surface area contributed by atoms with Crippen molar-refractivity contribution in [3.8, 4) is 0 Å². The normalized spacial score (nSPS) is 24.7. The molecule has 0 aliphatic heterocycles. The molecule has 0 saturated heterocycles. The maximum absolute atomic E-state index is 13.4. The molecule has 3 atom stereocenters. The third-order valence-electron chi connectivity index (χ3n) is 5.44. The molecule has 1 amide bonds. The van der Waals surface area contributed by atoms with Crippen molar-refractivity contribution in [3.63, 3.8) is 0 Å². The average Bonchev–Trinajstić information content (AvgIpc) is 3.16. The second-order valence-electron chi connectivity index (χ2n) is 7.39. The van der Waals surface area contributed by atoms with E-state index < -0.39 is 21.7 Å². The van der Waals surface area contributed by atoms with Crippen LogP contribution in [0.15, 0.2) is 18.2 Å². The maximum Gasteiger partial charge on any atom is 0.232 e. The molecule has 2 saturated carbocycles. The first-order valence-electron chi connectivity index (χ1n) is 8.96. The van der Waals surface area contributed by atoms with Gasteiger partial charge in [0.25, 0.3) is 0 Å². The van der Waals surface area contributed by atoms with Crippen molar-refractivity contribution in [1.29, 1.82) is 0 Å². The van der Waals surface area contributed by atoms with Gasteiger partial charge in [-0.25, -0.2) is 17.2 Å². The number of anilines is 1. The van der Waals surface area contributed by atoms with Crippen LogP contribution in [-0.4, -0.2) is 33.2 Å². The molecule has 2 fully saturated rings. The predicted octanol–water partition coefficient (Wildman–Crippen LogP) is 2.82. The van der Waals surface area contributed by atoms with Gasteiger partial charge in [0, 0.05) is 25.1 Å². The summed E-state index contributed by atoms with van der Waals surface area (Å²) in [7, 11) is -3.66. The molecule has 2 aliphatic rings. The van der Waals surface area contributed by atoms with Gasteiger partial charge < -0.3 is 5.32 Å². The number of sulfonamides is 1. The number of carbonyl (C=O) groups excluding carboxylic acids is 1. The molecule has 1 aromatic carbocycles. The molecule has 5 nitrogen and oxygen atoms in total. The molecule has 26 heavy (non-hydrogen) atoms. The van der Waals surface area contributed by atoms with Crippen LogP contribution in [0.4, 0.5) is 14.5 Å². The van der Waals surface area contributed by atoms with Crippen molar-refractivity contribution in [2.45, 2.75) is 44.6 Å². The maximum atomic E-state index is 13.4. The van der Waals surface area contributed by atoms with Crippen LogP contribution >= 0.6 is 0 Å². The van der Waals surface area contributed by atoms with Crippen LogP contribution in [0, 0.1) is 23.5 Å². The Morgan fingerprint density at radius 1 is 1.23 bits per heavy atom. The van der Waals surface area contributed by atoms with Gasteiger partial charge in [0.05, 0.1) is 11.9 Å². The molecule has 1 N–H and O–H groups in total. The predicted molar refractivity (Wildman–Crippen MR) is 95.2 cm³/mol. The van der Waals surface area contributed by atoms with E-state index in [0.717, 1.165) is 35.0 Å². The van der Waals surface area contributed by atoms with E-state index in [2.05, 4.69) is 5.32 Å². The second-order valence-corrected chi connectivity index (χ2v) is 9.29. The highest BCUT2D eigenvalue weighted by molar-refractivity contribution is 7.92. The van der Waals surface area contributed by atoms with Crippen molar-refractivity contribution < 1.29 is 22.0 Å². The zero-order valence-electron chi connectivity index (χ0n) is 14.7. The molecular formula is C18H24F2N2O3S. The van der Waals surface area contributed by atoms with Crippen LogP contribution in [-0.2, 0) is 14.8 Å². The SMILES string of the molecule is CS(=O)(=O)N(CCCC(=O)N[C@@H]1C[C@@H]2CC[C@@H]1C2)c1ccc(F)c(F)c1. The van der Waals surface area contributed by atoms with E-state index in [-0.39, 0.29) is 30.6 Å². The lowest BCUT2D eigenvalue weighted by Gasteiger charge is -2.24. The summed E-state index contributed by atoms with van der Waals surface area (Å²) < 4.78 is 51.5. The minimum atomic E-state index is -3.66. The Morgan fingerprint density at radius 2 is 2.00 bits per heavy atom. The smallest absolute Gasteiger partial charge is 0.232 e. The molecule has 2 bridgehead atoms. The largest absolute Gasteiger partial charge is 0.353 e. The first-order valence-corrected chi connectivity index (χ1v) is 10.8. The number of nitrogens with one attached hydrogen (secondary N) is 1. The molecule has 0 unspecified atom stereocenters. The van der Waals surface area contributed by atoms with E-state index in [0.29, 0.717) is 12.3 Å². The highest BCUT2D eigenvalue weighted by Crippen LogP contribution is 2.44. The number of halogens is 2. The first kappa shape index (κ1) is 19.1. The Balaban J connectivity index is 1.54. The molecule has 0 radical (unpaired) electrons. The molecule has 2 aliphatic carbocycles. The number of fused-ring (bicyclic) bond motifs is 2. The number of carbonyl (C=O) groups is 1. The highest BCUT2D eigenvalue weighted by atomic mass is 32.2. The molecule has 0 spiro atoms. The zero-order valence-corrected chi connectivity index (χ0v) is 15.6. The number of nitrogens with zero attached hydrogens (tertiary/aromatic N) is 1. The van der Waals surface area contributed by atoms with E-state index in [4.69, 9.17) is 0 Å². The quantitative estimate of drug-likeness (QED) is 0.784. The van der Waals surface area contributed by atoms with Gasteiger partial charge in [0.1, 0.15) is 0 Å². The van der Waals surface area contributed by atoms with Crippen molar-refractivity contribution in [2.24, 2.45) is 11.8 Å². The average molecular weight is 386 g/mol. The Bertz CT molecular complexity index is 785. The third kappa shape index (κ3) is 4.34. The summed E-state index contributed by atoms with van der Waals surface area (Å²) in [6.07, 6.45) is 6.18. The molecule has 144 valence electrons. The Hall–Kier alpha value is -1.70. The number of rotatable bonds is 7. The Kier molecular flexibility index (Phi) is 5.50. The zero-order chi connectivity index (χ0) is 18.9. The number of benzene rings is 1. The van der Waals surface area contributed by atoms with Crippen molar-refractivity contribution in [1.82, 2.24) is 5.32 Å². The number of hydrogen-bond donors (Lipinski definition) is 1. The van der Waals surface area contributed by atoms with E-state index in [1.165, 1.54) is 25.3 Å². The topological polar surface area (TPSA) is 66.5 Å². The molecule has 0 aromatic heterocycles. The summed E-state index contributed by atoms with van der Waals surface area (Å²) in [5.74, 6) is -0.906. The minimum absolute atomic E-state index is 0.0358. The van der Waals surface area contributed by atoms with Crippen LogP contribution in [0.1, 0.15) is 38.5 Å². The van der Waals surface area contributed by atoms with E-state index in [9.17, 15) is 22.0 Å². The van der Waals surface area contributed by atoms with Gasteiger partial charge in [-0.05, 0) is 49.7 Å². The summed E-state index contributed by atoms with van der Waals surface area (Å²) in [5.41, 5.74) is 0.0555. The summed E-state index contributed by atoms with van der Waals surface area (Å²) in [4.78, 5) is 12.2. The van der Waals surface area contributed by atoms with Crippen LogP contribution in [0.3, 0.4) is 0 Å². The van der Waals surface area contributed by atoms with Crippen LogP contribution in [0.25, 0.3) is 0 Å². The van der Waals surface area contributed by atoms with Gasteiger partial charge in [0.2, 0.25) is 15.9 Å². The summed E-state index contributed by atoms with van der Waals surface area (Å²) in [5, 5.41) is 3.06. The van der Waals surface area contributed by atoms with Gasteiger partial charge in [0.15, 0.2) is 11.6 Å². The standard InChI is InChI=1S/C18H24F2N2O3S/c1-26(24,25)22(14-6-7-15(19)16(20)11-14)8-2-3-18(23)21-17-10-12-4-5-13(17)9-12/h6-7,11-13,17H,2-5,8-10H2,1H3,(H,21,23)/t12-,13-,17-/m1/s1. The van der Waals surface area contributed by atoms with E-state index in [1.54, 1.807) is 0 Å². The fraction of sp³-hybridized carbons (Fsp3) is 0.611. The molecule has 3 rings (SSSR count). The lowest BCUT2D eigenvalue weighted by molar-refractivity contribution is -0.122. The van der Waals surface area contributed by atoms with Gasteiger partial charge in [-0.1, -0.05) is 6.42 Å². The lowest BCUT2D eigenvalue weighted by atomic mass is 9.95. The van der Waals surface area contributed by atoms with Crippen molar-refractivity contribution in [3.05, 3.63) is 29.8 Å². The molecule has 1 aromatic rings. The molecule has 8 heteroatoms. The lowest BCUT2D eigenvalue weighted by Crippen LogP contribution is -2.39. The monoisotopic (exact) mass is 386 g/mol.